The first-order valence-corrected chi connectivity index (χ1v) is 12.0. The number of piperazine rings is 1. The Morgan fingerprint density at radius 3 is 2.41 bits per heavy atom. The smallest absolute Gasteiger partial charge is 0.319 e. The van der Waals surface area contributed by atoms with Gasteiger partial charge in [-0.15, -0.1) is 0 Å². The molecule has 2 aromatic rings. The molecule has 1 aliphatic heterocycles. The summed E-state index contributed by atoms with van der Waals surface area (Å²) in [5.41, 5.74) is 2.71. The minimum absolute atomic E-state index is 0.00144. The Kier molecular flexibility index (Phi) is 7.81. The molecule has 0 bridgehead atoms. The van der Waals surface area contributed by atoms with Crippen molar-refractivity contribution in [2.75, 3.05) is 62.9 Å². The lowest BCUT2D eigenvalue weighted by Crippen LogP contribution is -2.50. The van der Waals surface area contributed by atoms with Gasteiger partial charge in [0, 0.05) is 38.4 Å². The number of amides is 2. The predicted molar refractivity (Wildman–Crippen MR) is 125 cm³/mol. The Hall–Kier alpha value is -2.98. The Bertz CT molecular complexity index is 1040. The van der Waals surface area contributed by atoms with Crippen LogP contribution in [0.15, 0.2) is 42.5 Å². The summed E-state index contributed by atoms with van der Waals surface area (Å²) in [6, 6.07) is 12.8. The highest BCUT2D eigenvalue weighted by atomic mass is 32.2. The maximum absolute atomic E-state index is 12.7. The molecule has 0 saturated carbocycles. The number of urea groups is 1. The zero-order valence-corrected chi connectivity index (χ0v) is 19.4. The van der Waals surface area contributed by atoms with Crippen LogP contribution >= 0.6 is 0 Å². The highest BCUT2D eigenvalue weighted by molar-refractivity contribution is 7.89. The molecule has 2 aromatic carbocycles. The van der Waals surface area contributed by atoms with Gasteiger partial charge in [0.15, 0.2) is 11.5 Å². The van der Waals surface area contributed by atoms with E-state index in [0.717, 1.165) is 5.69 Å². The lowest BCUT2D eigenvalue weighted by atomic mass is 10.2. The van der Waals surface area contributed by atoms with Crippen LogP contribution in [-0.2, 0) is 10.0 Å². The zero-order chi connectivity index (χ0) is 23.1. The number of aryl methyl sites for hydroxylation is 1. The van der Waals surface area contributed by atoms with Gasteiger partial charge in [-0.2, -0.15) is 4.31 Å². The molecule has 1 fully saturated rings. The van der Waals surface area contributed by atoms with Gasteiger partial charge in [0.25, 0.3) is 0 Å². The number of carbonyl (C=O) groups is 1. The van der Waals surface area contributed by atoms with Crippen LogP contribution in [0.1, 0.15) is 5.56 Å². The summed E-state index contributed by atoms with van der Waals surface area (Å²) < 4.78 is 37.4. The topological polar surface area (TPSA) is 100 Å². The highest BCUT2D eigenvalue weighted by Gasteiger charge is 2.27. The summed E-state index contributed by atoms with van der Waals surface area (Å²) in [5, 5.41) is 5.25. The number of para-hydroxylation sites is 1. The first kappa shape index (κ1) is 23.7. The number of anilines is 2. The summed E-state index contributed by atoms with van der Waals surface area (Å²) in [6.45, 7) is 4.14. The second-order valence-electron chi connectivity index (χ2n) is 7.46. The van der Waals surface area contributed by atoms with Crippen LogP contribution < -0.4 is 25.0 Å². The fourth-order valence-corrected chi connectivity index (χ4v) is 4.96. The molecule has 2 N–H and O–H groups in total. The molecular formula is C22H30N4O5S. The molecule has 0 atom stereocenters. The normalized spacial score (nSPS) is 14.7. The summed E-state index contributed by atoms with van der Waals surface area (Å²) >= 11 is 0. The second-order valence-corrected chi connectivity index (χ2v) is 9.55. The highest BCUT2D eigenvalue weighted by Crippen LogP contribution is 2.34. The van der Waals surface area contributed by atoms with Gasteiger partial charge in [-0.1, -0.05) is 18.2 Å². The molecule has 9 nitrogen and oxygen atoms in total. The van der Waals surface area contributed by atoms with Crippen LogP contribution in [-0.4, -0.2) is 71.5 Å². The molecule has 10 heteroatoms. The molecule has 0 radical (unpaired) electrons. The number of hydrogen-bond acceptors (Lipinski definition) is 6. The zero-order valence-electron chi connectivity index (χ0n) is 18.6. The lowest BCUT2D eigenvalue weighted by molar-refractivity contribution is 0.252. The Morgan fingerprint density at radius 1 is 1.03 bits per heavy atom. The third-order valence-electron chi connectivity index (χ3n) is 5.30. The Balaban J connectivity index is 1.48. The molecule has 3 rings (SSSR count). The average Bonchev–Trinajstić information content (AvgIpc) is 2.78. The van der Waals surface area contributed by atoms with Gasteiger partial charge in [0.05, 0.1) is 25.7 Å². The van der Waals surface area contributed by atoms with Crippen LogP contribution in [0.5, 0.6) is 11.5 Å². The van der Waals surface area contributed by atoms with E-state index in [2.05, 4.69) is 21.6 Å². The molecule has 0 spiro atoms. The molecule has 2 amide bonds. The third-order valence-corrected chi connectivity index (χ3v) is 7.17. The third kappa shape index (κ3) is 5.83. The van der Waals surface area contributed by atoms with Crippen molar-refractivity contribution in [2.24, 2.45) is 0 Å². The predicted octanol–water partition coefficient (Wildman–Crippen LogP) is 2.29. The number of rotatable bonds is 8. The number of nitrogens with zero attached hydrogens (tertiary/aromatic N) is 2. The van der Waals surface area contributed by atoms with Crippen LogP contribution in [0.3, 0.4) is 0 Å². The van der Waals surface area contributed by atoms with Crippen LogP contribution in [0.25, 0.3) is 0 Å². The van der Waals surface area contributed by atoms with E-state index in [9.17, 15) is 13.2 Å². The Labute approximate surface area is 189 Å². The second kappa shape index (κ2) is 10.6. The molecule has 174 valence electrons. The fourth-order valence-electron chi connectivity index (χ4n) is 3.62. The summed E-state index contributed by atoms with van der Waals surface area (Å²) in [7, 11) is -0.484. The van der Waals surface area contributed by atoms with Crippen molar-refractivity contribution >= 4 is 27.4 Å². The van der Waals surface area contributed by atoms with Gasteiger partial charge in [0.2, 0.25) is 10.0 Å². The number of ether oxygens (including phenoxy) is 2. The number of methoxy groups -OCH3 is 2. The van der Waals surface area contributed by atoms with Crippen molar-refractivity contribution in [2.45, 2.75) is 6.92 Å². The summed E-state index contributed by atoms with van der Waals surface area (Å²) in [5.74, 6) is 0.710. The van der Waals surface area contributed by atoms with E-state index in [-0.39, 0.29) is 12.3 Å². The van der Waals surface area contributed by atoms with Crippen molar-refractivity contribution in [3.63, 3.8) is 0 Å². The quantitative estimate of drug-likeness (QED) is 0.624. The number of hydrogen-bond donors (Lipinski definition) is 2. The first-order valence-electron chi connectivity index (χ1n) is 10.4. The molecule has 0 aliphatic carbocycles. The first-order chi connectivity index (χ1) is 15.3. The standard InChI is InChI=1S/C22H30N4O5S/c1-17-6-4-7-18(16-17)25-11-13-26(14-12-25)32(28,29)15-10-23-22(27)24-19-8-5-9-20(30-2)21(19)31-3/h4-9,16H,10-15H2,1-3H3,(H2,23,24,27). The van der Waals surface area contributed by atoms with E-state index < -0.39 is 16.1 Å². The molecule has 1 aliphatic rings. The minimum Gasteiger partial charge on any atom is -0.493 e. The number of benzene rings is 2. The molecule has 32 heavy (non-hydrogen) atoms. The van der Waals surface area contributed by atoms with E-state index in [4.69, 9.17) is 9.47 Å². The summed E-state index contributed by atoms with van der Waals surface area (Å²) in [4.78, 5) is 14.4. The molecule has 1 saturated heterocycles. The molecule has 0 unspecified atom stereocenters. The van der Waals surface area contributed by atoms with Gasteiger partial charge in [-0.25, -0.2) is 13.2 Å². The molecule has 1 heterocycles. The maximum atomic E-state index is 12.7. The lowest BCUT2D eigenvalue weighted by Gasteiger charge is -2.35. The van der Waals surface area contributed by atoms with Gasteiger partial charge >= 0.3 is 6.03 Å². The number of sulfonamides is 1. The fraction of sp³-hybridized carbons (Fsp3) is 0.409. The van der Waals surface area contributed by atoms with Gasteiger partial charge in [-0.3, -0.25) is 0 Å². The van der Waals surface area contributed by atoms with Crippen LogP contribution in [0.4, 0.5) is 16.2 Å². The SMILES string of the molecule is COc1cccc(NC(=O)NCCS(=O)(=O)N2CCN(c3cccc(C)c3)CC2)c1OC. The Morgan fingerprint density at radius 2 is 1.75 bits per heavy atom. The van der Waals surface area contributed by atoms with E-state index in [0.29, 0.717) is 43.4 Å². The van der Waals surface area contributed by atoms with Crippen molar-refractivity contribution in [1.29, 1.82) is 0 Å². The van der Waals surface area contributed by atoms with Crippen molar-refractivity contribution in [3.8, 4) is 11.5 Å². The minimum atomic E-state index is -3.47. The van der Waals surface area contributed by atoms with Gasteiger partial charge in [0.1, 0.15) is 0 Å². The van der Waals surface area contributed by atoms with E-state index in [1.807, 2.05) is 25.1 Å². The van der Waals surface area contributed by atoms with E-state index in [1.165, 1.54) is 24.1 Å². The largest absolute Gasteiger partial charge is 0.493 e. The van der Waals surface area contributed by atoms with Crippen LogP contribution in [0, 0.1) is 6.92 Å². The van der Waals surface area contributed by atoms with Crippen molar-refractivity contribution < 1.29 is 22.7 Å². The summed E-state index contributed by atoms with van der Waals surface area (Å²) in [6.07, 6.45) is 0. The number of carbonyl (C=O) groups excluding carboxylic acids is 1. The van der Waals surface area contributed by atoms with E-state index in [1.54, 1.807) is 18.2 Å². The maximum Gasteiger partial charge on any atom is 0.319 e. The van der Waals surface area contributed by atoms with E-state index >= 15 is 0 Å². The molecular weight excluding hydrogens is 432 g/mol. The monoisotopic (exact) mass is 462 g/mol. The van der Waals surface area contributed by atoms with Gasteiger partial charge < -0.3 is 25.0 Å². The van der Waals surface area contributed by atoms with Crippen molar-refractivity contribution in [3.05, 3.63) is 48.0 Å². The average molecular weight is 463 g/mol. The number of nitrogens with one attached hydrogen (secondary N) is 2. The molecule has 0 aromatic heterocycles. The van der Waals surface area contributed by atoms with Crippen LogP contribution in [0.2, 0.25) is 0 Å². The van der Waals surface area contributed by atoms with Gasteiger partial charge in [-0.05, 0) is 36.8 Å². The van der Waals surface area contributed by atoms with Crippen molar-refractivity contribution in [1.82, 2.24) is 9.62 Å².